The lowest BCUT2D eigenvalue weighted by Crippen LogP contribution is -2.09. The highest BCUT2D eigenvalue weighted by molar-refractivity contribution is 5.87. The Morgan fingerprint density at radius 3 is 2.52 bits per heavy atom. The van der Waals surface area contributed by atoms with E-state index >= 15 is 0 Å². The summed E-state index contributed by atoms with van der Waals surface area (Å²) in [6, 6.07) is 4.58. The molecule has 21 heavy (non-hydrogen) atoms. The number of aromatic carboxylic acids is 1. The normalized spacial score (nSPS) is 11.5. The zero-order chi connectivity index (χ0) is 15.8. The molecule has 0 saturated carbocycles. The number of methoxy groups -OCH3 is 1. The standard InChI is InChI=1S/C13H11F3N2O3/c1-18-9(6-8(17-18)12(19)20)11-7(13(14,15)16)4-3-5-10(11)21-2/h3-6H,1-2H3,(H,19,20). The van der Waals surface area contributed by atoms with Crippen LogP contribution in [0.4, 0.5) is 13.2 Å². The first-order valence-electron chi connectivity index (χ1n) is 5.77. The molecular weight excluding hydrogens is 289 g/mol. The van der Waals surface area contributed by atoms with E-state index in [2.05, 4.69) is 5.10 Å². The minimum Gasteiger partial charge on any atom is -0.496 e. The zero-order valence-electron chi connectivity index (χ0n) is 11.1. The number of benzene rings is 1. The molecule has 0 radical (unpaired) electrons. The van der Waals surface area contributed by atoms with E-state index < -0.39 is 17.7 Å². The predicted octanol–water partition coefficient (Wildman–Crippen LogP) is 2.81. The van der Waals surface area contributed by atoms with Gasteiger partial charge in [-0.05, 0) is 18.2 Å². The van der Waals surface area contributed by atoms with Gasteiger partial charge in [0.25, 0.3) is 0 Å². The van der Waals surface area contributed by atoms with E-state index in [0.29, 0.717) is 0 Å². The lowest BCUT2D eigenvalue weighted by molar-refractivity contribution is -0.137. The molecule has 8 heteroatoms. The molecule has 0 aliphatic carbocycles. The predicted molar refractivity (Wildman–Crippen MR) is 67.2 cm³/mol. The fourth-order valence-electron chi connectivity index (χ4n) is 2.01. The van der Waals surface area contributed by atoms with E-state index in [1.54, 1.807) is 0 Å². The molecule has 0 spiro atoms. The number of nitrogens with zero attached hydrogens (tertiary/aromatic N) is 2. The Kier molecular flexibility index (Phi) is 3.63. The number of carbonyl (C=O) groups is 1. The van der Waals surface area contributed by atoms with Gasteiger partial charge in [0.05, 0.1) is 23.9 Å². The van der Waals surface area contributed by atoms with Crippen LogP contribution in [-0.4, -0.2) is 28.0 Å². The van der Waals surface area contributed by atoms with Crippen molar-refractivity contribution in [3.8, 4) is 17.0 Å². The third-order valence-electron chi connectivity index (χ3n) is 2.91. The minimum atomic E-state index is -4.60. The van der Waals surface area contributed by atoms with Gasteiger partial charge < -0.3 is 9.84 Å². The van der Waals surface area contributed by atoms with Crippen LogP contribution in [0.3, 0.4) is 0 Å². The largest absolute Gasteiger partial charge is 0.496 e. The zero-order valence-corrected chi connectivity index (χ0v) is 11.1. The van der Waals surface area contributed by atoms with E-state index in [1.807, 2.05) is 0 Å². The molecule has 1 aromatic heterocycles. The van der Waals surface area contributed by atoms with Gasteiger partial charge in [0, 0.05) is 7.05 Å². The van der Waals surface area contributed by atoms with Crippen LogP contribution in [0.2, 0.25) is 0 Å². The molecule has 0 bridgehead atoms. The lowest BCUT2D eigenvalue weighted by atomic mass is 10.0. The van der Waals surface area contributed by atoms with Crippen molar-refractivity contribution in [1.82, 2.24) is 9.78 Å². The van der Waals surface area contributed by atoms with Gasteiger partial charge in [0.1, 0.15) is 5.75 Å². The Labute approximate surface area is 117 Å². The molecule has 0 saturated heterocycles. The topological polar surface area (TPSA) is 64.3 Å². The van der Waals surface area contributed by atoms with E-state index in [4.69, 9.17) is 9.84 Å². The van der Waals surface area contributed by atoms with Crippen LogP contribution in [0.15, 0.2) is 24.3 Å². The van der Waals surface area contributed by atoms with Crippen molar-refractivity contribution in [1.29, 1.82) is 0 Å². The minimum absolute atomic E-state index is 0.00948. The van der Waals surface area contributed by atoms with Crippen molar-refractivity contribution >= 4 is 5.97 Å². The van der Waals surface area contributed by atoms with Gasteiger partial charge in [-0.1, -0.05) is 6.07 Å². The number of hydrogen-bond donors (Lipinski definition) is 1. The maximum absolute atomic E-state index is 13.1. The van der Waals surface area contributed by atoms with Crippen molar-refractivity contribution < 1.29 is 27.8 Å². The van der Waals surface area contributed by atoms with Gasteiger partial charge in [-0.2, -0.15) is 18.3 Å². The lowest BCUT2D eigenvalue weighted by Gasteiger charge is -2.16. The summed E-state index contributed by atoms with van der Waals surface area (Å²) < 4.78 is 45.5. The molecule has 0 atom stereocenters. The molecule has 0 aliphatic heterocycles. The highest BCUT2D eigenvalue weighted by Gasteiger charge is 2.36. The first-order chi connectivity index (χ1) is 9.75. The fraction of sp³-hybridized carbons (Fsp3) is 0.231. The Morgan fingerprint density at radius 1 is 1.38 bits per heavy atom. The van der Waals surface area contributed by atoms with Gasteiger partial charge in [0.15, 0.2) is 5.69 Å². The number of rotatable bonds is 3. The SMILES string of the molecule is COc1cccc(C(F)(F)F)c1-c1cc(C(=O)O)nn1C. The Balaban J connectivity index is 2.76. The van der Waals surface area contributed by atoms with E-state index in [-0.39, 0.29) is 22.7 Å². The van der Waals surface area contributed by atoms with Gasteiger partial charge in [-0.15, -0.1) is 0 Å². The number of ether oxygens (including phenoxy) is 1. The second-order valence-electron chi connectivity index (χ2n) is 4.22. The average molecular weight is 300 g/mol. The van der Waals surface area contributed by atoms with Crippen molar-refractivity contribution in [2.75, 3.05) is 7.11 Å². The number of carboxylic acids is 1. The van der Waals surface area contributed by atoms with Crippen LogP contribution < -0.4 is 4.74 Å². The number of alkyl halides is 3. The van der Waals surface area contributed by atoms with E-state index in [9.17, 15) is 18.0 Å². The highest BCUT2D eigenvalue weighted by Crippen LogP contribution is 2.42. The molecule has 2 aromatic rings. The second-order valence-corrected chi connectivity index (χ2v) is 4.22. The molecular formula is C13H11F3N2O3. The van der Waals surface area contributed by atoms with Crippen molar-refractivity contribution in [3.05, 3.63) is 35.5 Å². The molecule has 0 amide bonds. The van der Waals surface area contributed by atoms with Crippen molar-refractivity contribution in [2.45, 2.75) is 6.18 Å². The summed E-state index contributed by atoms with van der Waals surface area (Å²) in [6.45, 7) is 0. The van der Waals surface area contributed by atoms with Crippen molar-refractivity contribution in [3.63, 3.8) is 0 Å². The summed E-state index contributed by atoms with van der Waals surface area (Å²) in [7, 11) is 2.61. The summed E-state index contributed by atoms with van der Waals surface area (Å²) in [5.74, 6) is -1.33. The van der Waals surface area contributed by atoms with Crippen LogP contribution in [-0.2, 0) is 13.2 Å². The van der Waals surface area contributed by atoms with Crippen LogP contribution in [0, 0.1) is 0 Å². The fourth-order valence-corrected chi connectivity index (χ4v) is 2.01. The maximum Gasteiger partial charge on any atom is 0.417 e. The third-order valence-corrected chi connectivity index (χ3v) is 2.91. The molecule has 2 rings (SSSR count). The van der Waals surface area contributed by atoms with Gasteiger partial charge in [0.2, 0.25) is 0 Å². The molecule has 5 nitrogen and oxygen atoms in total. The maximum atomic E-state index is 13.1. The number of halogens is 3. The quantitative estimate of drug-likeness (QED) is 0.946. The van der Waals surface area contributed by atoms with Gasteiger partial charge in [-0.25, -0.2) is 4.79 Å². The number of carboxylic acid groups (broad SMARTS) is 1. The van der Waals surface area contributed by atoms with Crippen LogP contribution in [0.1, 0.15) is 16.1 Å². The van der Waals surface area contributed by atoms with Crippen LogP contribution in [0.5, 0.6) is 5.75 Å². The van der Waals surface area contributed by atoms with Crippen LogP contribution in [0.25, 0.3) is 11.3 Å². The Hall–Kier alpha value is -2.51. The number of aryl methyl sites for hydroxylation is 1. The molecule has 112 valence electrons. The third kappa shape index (κ3) is 2.69. The van der Waals surface area contributed by atoms with Gasteiger partial charge >= 0.3 is 12.1 Å². The summed E-state index contributed by atoms with van der Waals surface area (Å²) in [5.41, 5.74) is -1.49. The Morgan fingerprint density at radius 2 is 2.05 bits per heavy atom. The molecule has 1 heterocycles. The Bertz CT molecular complexity index is 692. The monoisotopic (exact) mass is 300 g/mol. The smallest absolute Gasteiger partial charge is 0.417 e. The highest BCUT2D eigenvalue weighted by atomic mass is 19.4. The summed E-state index contributed by atoms with van der Waals surface area (Å²) in [4.78, 5) is 10.9. The number of aromatic nitrogens is 2. The molecule has 0 aliphatic rings. The molecule has 0 fully saturated rings. The summed E-state index contributed by atoms with van der Waals surface area (Å²) in [5, 5.41) is 12.6. The summed E-state index contributed by atoms with van der Waals surface area (Å²) in [6.07, 6.45) is -4.60. The van der Waals surface area contributed by atoms with Gasteiger partial charge in [-0.3, -0.25) is 4.68 Å². The van der Waals surface area contributed by atoms with E-state index in [1.165, 1.54) is 26.3 Å². The summed E-state index contributed by atoms with van der Waals surface area (Å²) >= 11 is 0. The molecule has 1 N–H and O–H groups in total. The molecule has 0 unspecified atom stereocenters. The average Bonchev–Trinajstić information content (AvgIpc) is 2.79. The first kappa shape index (κ1) is 14.9. The van der Waals surface area contributed by atoms with Crippen molar-refractivity contribution in [2.24, 2.45) is 7.05 Å². The first-order valence-corrected chi connectivity index (χ1v) is 5.77. The molecule has 1 aromatic carbocycles. The van der Waals surface area contributed by atoms with Crippen LogP contribution >= 0.6 is 0 Å². The van der Waals surface area contributed by atoms with E-state index in [0.717, 1.165) is 16.8 Å². The number of hydrogen-bond acceptors (Lipinski definition) is 3. The second kappa shape index (κ2) is 5.12.